The van der Waals surface area contributed by atoms with Crippen molar-refractivity contribution in [2.24, 2.45) is 11.3 Å². The topological polar surface area (TPSA) is 81.7 Å². The van der Waals surface area contributed by atoms with Gasteiger partial charge in [0.1, 0.15) is 6.04 Å². The summed E-state index contributed by atoms with van der Waals surface area (Å²) >= 11 is 0. The first-order chi connectivity index (χ1) is 16.0. The Hall–Kier alpha value is -2.86. The molecule has 2 atom stereocenters. The third-order valence-corrected chi connectivity index (χ3v) is 7.05. The predicted octanol–water partition coefficient (Wildman–Crippen LogP) is 4.01. The lowest BCUT2D eigenvalue weighted by Gasteiger charge is -2.51. The molecule has 6 nitrogen and oxygen atoms in total. The molecule has 1 fully saturated rings. The van der Waals surface area contributed by atoms with E-state index < -0.39 is 17.1 Å². The summed E-state index contributed by atoms with van der Waals surface area (Å²) in [4.78, 5) is 27.8. The molecular weight excluding hydrogens is 426 g/mol. The van der Waals surface area contributed by atoms with E-state index in [9.17, 15) is 14.7 Å². The fourth-order valence-corrected chi connectivity index (χ4v) is 4.74. The molecule has 2 aromatic rings. The van der Waals surface area contributed by atoms with Gasteiger partial charge in [-0.25, -0.2) is 4.79 Å². The van der Waals surface area contributed by atoms with Crippen LogP contribution in [0.15, 0.2) is 54.6 Å². The van der Waals surface area contributed by atoms with Crippen molar-refractivity contribution in [3.8, 4) is 0 Å². The Morgan fingerprint density at radius 2 is 1.71 bits per heavy atom. The summed E-state index contributed by atoms with van der Waals surface area (Å²) < 4.78 is 0. The van der Waals surface area contributed by atoms with Gasteiger partial charge in [0, 0.05) is 25.0 Å². The van der Waals surface area contributed by atoms with Crippen LogP contribution >= 0.6 is 0 Å². The Bertz CT molecular complexity index is 972. The number of nitrogens with one attached hydrogen (secondary N) is 2. The molecule has 1 aliphatic rings. The Morgan fingerprint density at radius 1 is 1.06 bits per heavy atom. The number of hydrogen-bond acceptors (Lipinski definition) is 3. The number of aliphatic hydroxyl groups is 1. The molecule has 3 amide bonds. The molecule has 6 heteroatoms. The number of likely N-dealkylation sites (tertiary alicyclic amines) is 1. The van der Waals surface area contributed by atoms with Gasteiger partial charge >= 0.3 is 6.03 Å². The summed E-state index contributed by atoms with van der Waals surface area (Å²) in [5, 5.41) is 17.4. The van der Waals surface area contributed by atoms with Gasteiger partial charge in [-0.05, 0) is 36.8 Å². The molecule has 1 aliphatic heterocycles. The van der Waals surface area contributed by atoms with Gasteiger partial charge in [-0.2, -0.15) is 0 Å². The van der Waals surface area contributed by atoms with Crippen LogP contribution in [0.5, 0.6) is 0 Å². The second-order valence-electron chi connectivity index (χ2n) is 10.5. The van der Waals surface area contributed by atoms with E-state index in [-0.39, 0.29) is 17.9 Å². The van der Waals surface area contributed by atoms with E-state index in [0.717, 1.165) is 23.1 Å². The minimum absolute atomic E-state index is 0.0617. The highest BCUT2D eigenvalue weighted by molar-refractivity contribution is 5.87. The summed E-state index contributed by atoms with van der Waals surface area (Å²) in [6, 6.07) is 17.0. The van der Waals surface area contributed by atoms with E-state index in [1.54, 1.807) is 4.90 Å². The molecule has 2 aromatic carbocycles. The zero-order chi connectivity index (χ0) is 24.9. The highest BCUT2D eigenvalue weighted by Crippen LogP contribution is 2.46. The molecule has 3 rings (SSSR count). The number of hydrogen-bond donors (Lipinski definition) is 3. The number of amides is 3. The number of nitrogens with zero attached hydrogens (tertiary/aromatic N) is 1. The van der Waals surface area contributed by atoms with Crippen molar-refractivity contribution in [3.05, 3.63) is 71.3 Å². The SMILES string of the molecule is Cc1ccc(C2(O)CCN(C(=O)[C@H](NC(=O)NCCc3ccccc3)C(C)C)CC2(C)C)cc1. The van der Waals surface area contributed by atoms with Crippen LogP contribution in [0.25, 0.3) is 0 Å². The molecule has 0 aliphatic carbocycles. The van der Waals surface area contributed by atoms with Crippen LogP contribution in [0.3, 0.4) is 0 Å². The molecule has 0 aromatic heterocycles. The van der Waals surface area contributed by atoms with Gasteiger partial charge in [0.15, 0.2) is 0 Å². The van der Waals surface area contributed by atoms with Crippen LogP contribution in [0, 0.1) is 18.3 Å². The number of rotatable bonds is 7. The Balaban J connectivity index is 1.62. The van der Waals surface area contributed by atoms with E-state index in [1.807, 2.05) is 89.2 Å². The highest BCUT2D eigenvalue weighted by Gasteiger charge is 2.50. The fraction of sp³-hybridized carbons (Fsp3) is 0.500. The number of aryl methyl sites for hydroxylation is 1. The van der Waals surface area contributed by atoms with Gasteiger partial charge in [0.05, 0.1) is 5.60 Å². The second-order valence-corrected chi connectivity index (χ2v) is 10.5. The van der Waals surface area contributed by atoms with Gasteiger partial charge in [-0.15, -0.1) is 0 Å². The number of benzene rings is 2. The van der Waals surface area contributed by atoms with Crippen molar-refractivity contribution in [1.29, 1.82) is 0 Å². The first-order valence-electron chi connectivity index (χ1n) is 12.2. The maximum Gasteiger partial charge on any atom is 0.315 e. The number of carbonyl (C=O) groups is 2. The van der Waals surface area contributed by atoms with E-state index in [1.165, 1.54) is 0 Å². The lowest BCUT2D eigenvalue weighted by molar-refractivity contribution is -0.155. The van der Waals surface area contributed by atoms with E-state index in [0.29, 0.717) is 26.1 Å². The number of carbonyl (C=O) groups excluding carboxylic acids is 2. The summed E-state index contributed by atoms with van der Waals surface area (Å²) in [7, 11) is 0. The van der Waals surface area contributed by atoms with Crippen LogP contribution in [0.2, 0.25) is 0 Å². The minimum atomic E-state index is -1.02. The summed E-state index contributed by atoms with van der Waals surface area (Å²) in [6.45, 7) is 11.2. The van der Waals surface area contributed by atoms with Gasteiger partial charge in [-0.3, -0.25) is 4.79 Å². The van der Waals surface area contributed by atoms with Crippen LogP contribution in [0.4, 0.5) is 4.79 Å². The molecule has 184 valence electrons. The van der Waals surface area contributed by atoms with Crippen LogP contribution in [0.1, 0.15) is 50.8 Å². The first kappa shape index (κ1) is 25.8. The Morgan fingerprint density at radius 3 is 2.29 bits per heavy atom. The lowest BCUT2D eigenvalue weighted by atomic mass is 9.66. The molecule has 0 spiro atoms. The average Bonchev–Trinajstić information content (AvgIpc) is 2.79. The monoisotopic (exact) mass is 465 g/mol. The number of urea groups is 1. The summed E-state index contributed by atoms with van der Waals surface area (Å²) in [5.41, 5.74) is 1.61. The third-order valence-electron chi connectivity index (χ3n) is 7.05. The molecule has 34 heavy (non-hydrogen) atoms. The van der Waals surface area contributed by atoms with E-state index in [2.05, 4.69) is 10.6 Å². The van der Waals surface area contributed by atoms with Crippen molar-refractivity contribution in [3.63, 3.8) is 0 Å². The quantitative estimate of drug-likeness (QED) is 0.578. The lowest BCUT2D eigenvalue weighted by Crippen LogP contribution is -2.61. The summed E-state index contributed by atoms with van der Waals surface area (Å²) in [6.07, 6.45) is 1.18. The van der Waals surface area contributed by atoms with Crippen molar-refractivity contribution in [2.75, 3.05) is 19.6 Å². The maximum absolute atomic E-state index is 13.5. The standard InChI is InChI=1S/C28H39N3O3/c1-20(2)24(30-26(33)29-17-15-22-9-7-6-8-10-22)25(32)31-18-16-28(34,27(4,5)19-31)23-13-11-21(3)12-14-23/h6-14,20,24,34H,15-19H2,1-5H3,(H2,29,30,33)/t24-,28?/m1/s1. The normalized spacial score (nSPS) is 20.6. The third kappa shape index (κ3) is 5.79. The molecular formula is C28H39N3O3. The molecule has 3 N–H and O–H groups in total. The van der Waals surface area contributed by atoms with Gasteiger partial charge < -0.3 is 20.6 Å². The molecule has 0 radical (unpaired) electrons. The van der Waals surface area contributed by atoms with Gasteiger partial charge in [-0.1, -0.05) is 87.9 Å². The maximum atomic E-state index is 13.5. The zero-order valence-corrected chi connectivity index (χ0v) is 21.1. The smallest absolute Gasteiger partial charge is 0.315 e. The largest absolute Gasteiger partial charge is 0.384 e. The van der Waals surface area contributed by atoms with Crippen molar-refractivity contribution >= 4 is 11.9 Å². The van der Waals surface area contributed by atoms with Gasteiger partial charge in [0.25, 0.3) is 0 Å². The van der Waals surface area contributed by atoms with Crippen LogP contribution < -0.4 is 10.6 Å². The highest BCUT2D eigenvalue weighted by atomic mass is 16.3. The average molecular weight is 466 g/mol. The Kier molecular flexibility index (Phi) is 8.03. The summed E-state index contributed by atoms with van der Waals surface area (Å²) in [5.74, 6) is -0.166. The molecule has 0 bridgehead atoms. The molecule has 1 saturated heterocycles. The minimum Gasteiger partial charge on any atom is -0.384 e. The first-order valence-corrected chi connectivity index (χ1v) is 12.2. The predicted molar refractivity (Wildman–Crippen MR) is 135 cm³/mol. The zero-order valence-electron chi connectivity index (χ0n) is 21.1. The molecule has 1 heterocycles. The molecule has 0 saturated carbocycles. The Labute approximate surface area is 203 Å². The fourth-order valence-electron chi connectivity index (χ4n) is 4.74. The van der Waals surface area contributed by atoms with E-state index >= 15 is 0 Å². The van der Waals surface area contributed by atoms with Crippen LogP contribution in [-0.4, -0.2) is 47.6 Å². The number of piperidine rings is 1. The van der Waals surface area contributed by atoms with Crippen molar-refractivity contribution in [2.45, 2.75) is 59.1 Å². The second kappa shape index (κ2) is 10.6. The molecule has 1 unspecified atom stereocenters. The van der Waals surface area contributed by atoms with Crippen molar-refractivity contribution < 1.29 is 14.7 Å². The van der Waals surface area contributed by atoms with Crippen LogP contribution in [-0.2, 0) is 16.8 Å². The van der Waals surface area contributed by atoms with Crippen molar-refractivity contribution in [1.82, 2.24) is 15.5 Å². The van der Waals surface area contributed by atoms with Gasteiger partial charge in [0.2, 0.25) is 5.91 Å². The van der Waals surface area contributed by atoms with E-state index in [4.69, 9.17) is 0 Å².